The van der Waals surface area contributed by atoms with Crippen LogP contribution in [-0.2, 0) is 6.18 Å². The van der Waals surface area contributed by atoms with Crippen LogP contribution in [0.4, 0.5) is 17.7 Å². The van der Waals surface area contributed by atoms with Crippen LogP contribution in [0.3, 0.4) is 0 Å². The number of rotatable bonds is 1. The molecule has 2 nitrogen and oxygen atoms in total. The van der Waals surface area contributed by atoms with Gasteiger partial charge in [-0.2, -0.15) is 13.2 Å². The van der Waals surface area contributed by atoms with Crippen LogP contribution in [0.2, 0.25) is 0 Å². The van der Waals surface area contributed by atoms with Gasteiger partial charge in [0.2, 0.25) is 0 Å². The second kappa shape index (κ2) is 3.62. The average Bonchev–Trinajstić information content (AvgIpc) is 2.26. The van der Waals surface area contributed by atoms with E-state index in [0.29, 0.717) is 0 Å². The summed E-state index contributed by atoms with van der Waals surface area (Å²) in [5.74, 6) is -0.469. The van der Waals surface area contributed by atoms with Crippen molar-refractivity contribution in [1.82, 2.24) is 4.98 Å². The lowest BCUT2D eigenvalue weighted by atomic mass is 10.1. The van der Waals surface area contributed by atoms with Crippen molar-refractivity contribution in [3.63, 3.8) is 0 Å². The number of fused-ring (bicyclic) bond motifs is 1. The van der Waals surface area contributed by atoms with Gasteiger partial charge in [-0.1, -0.05) is 6.07 Å². The number of nitrogens with zero attached hydrogens (tertiary/aromatic N) is 1. The largest absolute Gasteiger partial charge is 0.417 e. The fourth-order valence-corrected chi connectivity index (χ4v) is 1.49. The van der Waals surface area contributed by atoms with Crippen LogP contribution in [-0.4, -0.2) is 4.98 Å². The molecule has 2 rings (SSSR count). The van der Waals surface area contributed by atoms with Gasteiger partial charge in [0, 0.05) is 21.5 Å². The van der Waals surface area contributed by atoms with Crippen LogP contribution in [0.25, 0.3) is 10.8 Å². The van der Waals surface area contributed by atoms with Crippen molar-refractivity contribution >= 4 is 10.8 Å². The molecule has 0 aliphatic rings. The molecule has 1 aromatic heterocycles. The number of pyridine rings is 1. The first-order valence-electron chi connectivity index (χ1n) is 4.27. The highest BCUT2D eigenvalue weighted by Crippen LogP contribution is 2.36. The molecule has 0 saturated carbocycles. The van der Waals surface area contributed by atoms with Gasteiger partial charge in [-0.05, 0) is 18.2 Å². The van der Waals surface area contributed by atoms with Gasteiger partial charge in [-0.25, -0.2) is 4.98 Å². The van der Waals surface area contributed by atoms with E-state index in [-0.39, 0.29) is 10.8 Å². The first-order valence-corrected chi connectivity index (χ1v) is 4.27. The summed E-state index contributed by atoms with van der Waals surface area (Å²) in [5.41, 5.74) is -0.842. The van der Waals surface area contributed by atoms with Gasteiger partial charge in [0.25, 0.3) is 5.88 Å². The summed E-state index contributed by atoms with van der Waals surface area (Å²) in [7, 11) is 0. The Morgan fingerprint density at radius 3 is 2.44 bits per heavy atom. The Kier molecular flexibility index (Phi) is 2.41. The molecule has 1 aromatic carbocycles. The minimum atomic E-state index is -4.49. The van der Waals surface area contributed by atoms with E-state index in [1.165, 1.54) is 18.2 Å². The zero-order valence-corrected chi connectivity index (χ0v) is 7.75. The molecule has 0 amide bonds. The summed E-state index contributed by atoms with van der Waals surface area (Å²) in [6, 6.07) is 4.58. The number of aromatic nitrogens is 1. The van der Waals surface area contributed by atoms with Gasteiger partial charge < -0.3 is 0 Å². The monoisotopic (exact) mass is 231 g/mol. The average molecular weight is 231 g/mol. The molecule has 0 radical (unpaired) electrons. The van der Waals surface area contributed by atoms with Crippen LogP contribution < -0.4 is 4.94 Å². The Balaban J connectivity index is 2.79. The van der Waals surface area contributed by atoms with Gasteiger partial charge in [0.1, 0.15) is 0 Å². The first-order chi connectivity index (χ1) is 7.54. The van der Waals surface area contributed by atoms with Gasteiger partial charge in [-0.15, -0.1) is 0 Å². The van der Waals surface area contributed by atoms with E-state index < -0.39 is 17.6 Å². The number of alkyl halides is 3. The number of benzene rings is 1. The predicted molar refractivity (Wildman–Crippen MR) is 48.5 cm³/mol. The van der Waals surface area contributed by atoms with E-state index in [2.05, 4.69) is 9.93 Å². The molecule has 0 N–H and O–H groups in total. The molecule has 0 atom stereocenters. The Morgan fingerprint density at radius 2 is 1.81 bits per heavy atom. The lowest BCUT2D eigenvalue weighted by molar-refractivity contribution is -0.136. The fourth-order valence-electron chi connectivity index (χ4n) is 1.49. The second-order valence-electron chi connectivity index (χ2n) is 3.09. The normalized spacial score (nSPS) is 11.8. The highest BCUT2D eigenvalue weighted by molar-refractivity contribution is 5.89. The van der Waals surface area contributed by atoms with Crippen molar-refractivity contribution < 1.29 is 22.6 Å². The van der Waals surface area contributed by atoms with Crippen molar-refractivity contribution in [2.24, 2.45) is 0 Å². The fraction of sp³-hybridized carbons (Fsp3) is 0.100. The standard InChI is InChI=1S/C10H5F4NO/c11-10(12,13)8-3-1-2-7-6(8)4-5-15-9(7)16-14/h1-5H. The molecule has 2 aromatic rings. The molecule has 0 saturated heterocycles. The van der Waals surface area contributed by atoms with Gasteiger partial charge in [0.05, 0.1) is 5.56 Å². The Bertz CT molecular complexity index is 524. The van der Waals surface area contributed by atoms with E-state index in [1.54, 1.807) is 0 Å². The third-order valence-electron chi connectivity index (χ3n) is 2.15. The summed E-state index contributed by atoms with van der Waals surface area (Å²) in [6.45, 7) is 0. The maximum absolute atomic E-state index is 12.6. The number of halogens is 4. The lowest BCUT2D eigenvalue weighted by Crippen LogP contribution is -2.05. The van der Waals surface area contributed by atoms with Crippen molar-refractivity contribution in [3.8, 4) is 5.88 Å². The van der Waals surface area contributed by atoms with Crippen molar-refractivity contribution in [2.75, 3.05) is 0 Å². The maximum Gasteiger partial charge on any atom is 0.417 e. The number of hydrogen-bond donors (Lipinski definition) is 0. The minimum absolute atomic E-state index is 0.0141. The molecule has 1 heterocycles. The minimum Gasteiger partial charge on any atom is -0.273 e. The van der Waals surface area contributed by atoms with E-state index in [0.717, 1.165) is 12.3 Å². The molecule has 0 aliphatic heterocycles. The predicted octanol–water partition coefficient (Wildman–Crippen LogP) is 3.52. The molecule has 0 bridgehead atoms. The zero-order chi connectivity index (χ0) is 11.8. The van der Waals surface area contributed by atoms with Crippen LogP contribution >= 0.6 is 0 Å². The first kappa shape index (κ1) is 10.7. The van der Waals surface area contributed by atoms with Crippen molar-refractivity contribution in [2.45, 2.75) is 6.18 Å². The molecule has 0 aliphatic carbocycles. The summed E-state index contributed by atoms with van der Waals surface area (Å²) in [5, 5.41) is -0.155. The van der Waals surface area contributed by atoms with E-state index in [4.69, 9.17) is 0 Å². The zero-order valence-electron chi connectivity index (χ0n) is 7.75. The Labute approximate surface area is 87.4 Å². The molecular weight excluding hydrogens is 226 g/mol. The van der Waals surface area contributed by atoms with Crippen LogP contribution in [0.15, 0.2) is 30.5 Å². The molecule has 0 fully saturated rings. The summed E-state index contributed by atoms with van der Waals surface area (Å²) in [6.07, 6.45) is -3.43. The van der Waals surface area contributed by atoms with Crippen molar-refractivity contribution in [1.29, 1.82) is 0 Å². The molecule has 16 heavy (non-hydrogen) atoms. The SMILES string of the molecule is FOc1nccc2c(C(F)(F)F)cccc12. The van der Waals surface area contributed by atoms with E-state index >= 15 is 0 Å². The molecule has 0 spiro atoms. The van der Waals surface area contributed by atoms with E-state index in [9.17, 15) is 17.7 Å². The molecule has 6 heteroatoms. The summed E-state index contributed by atoms with van der Waals surface area (Å²) in [4.78, 5) is 6.90. The van der Waals surface area contributed by atoms with Crippen molar-refractivity contribution in [3.05, 3.63) is 36.0 Å². The van der Waals surface area contributed by atoms with Crippen LogP contribution in [0, 0.1) is 0 Å². The Morgan fingerprint density at radius 1 is 1.06 bits per heavy atom. The topological polar surface area (TPSA) is 22.1 Å². The quantitative estimate of drug-likeness (QED) is 0.700. The maximum atomic E-state index is 12.6. The highest BCUT2D eigenvalue weighted by Gasteiger charge is 2.32. The third-order valence-corrected chi connectivity index (χ3v) is 2.15. The van der Waals surface area contributed by atoms with Gasteiger partial charge >= 0.3 is 6.18 Å². The Hall–Kier alpha value is -1.85. The smallest absolute Gasteiger partial charge is 0.273 e. The highest BCUT2D eigenvalue weighted by atomic mass is 19.4. The second-order valence-corrected chi connectivity index (χ2v) is 3.09. The molecular formula is C10H5F4NO. The summed E-state index contributed by atoms with van der Waals surface area (Å²) < 4.78 is 49.8. The molecule has 0 unspecified atom stereocenters. The van der Waals surface area contributed by atoms with Gasteiger partial charge in [0.15, 0.2) is 0 Å². The number of hydrogen-bond acceptors (Lipinski definition) is 2. The molecule has 84 valence electrons. The van der Waals surface area contributed by atoms with E-state index in [1.807, 2.05) is 0 Å². The lowest BCUT2D eigenvalue weighted by Gasteiger charge is -2.10. The summed E-state index contributed by atoms with van der Waals surface area (Å²) >= 11 is 0. The third kappa shape index (κ3) is 1.66. The van der Waals surface area contributed by atoms with Gasteiger partial charge in [-0.3, -0.25) is 4.94 Å². The van der Waals surface area contributed by atoms with Crippen LogP contribution in [0.1, 0.15) is 5.56 Å². The van der Waals surface area contributed by atoms with Crippen LogP contribution in [0.5, 0.6) is 5.88 Å².